The van der Waals surface area contributed by atoms with E-state index in [0.29, 0.717) is 5.78 Å². The van der Waals surface area contributed by atoms with Crippen molar-refractivity contribution in [3.05, 3.63) is 0 Å². The Labute approximate surface area is 92.8 Å². The minimum Gasteiger partial charge on any atom is -0.380 e. The van der Waals surface area contributed by atoms with Crippen molar-refractivity contribution in [2.75, 3.05) is 26.3 Å². The molecule has 0 aromatic rings. The average Bonchev–Trinajstić information content (AvgIpc) is 2.25. The lowest BCUT2D eigenvalue weighted by atomic mass is 9.99. The molecule has 1 fully saturated rings. The third kappa shape index (κ3) is 4.31. The van der Waals surface area contributed by atoms with E-state index in [-0.39, 0.29) is 6.04 Å². The van der Waals surface area contributed by atoms with E-state index in [1.165, 1.54) is 12.8 Å². The summed E-state index contributed by atoms with van der Waals surface area (Å²) in [6.07, 6.45) is 4.51. The summed E-state index contributed by atoms with van der Waals surface area (Å²) < 4.78 is 5.46. The Morgan fingerprint density at radius 3 is 2.87 bits per heavy atom. The van der Waals surface area contributed by atoms with Crippen molar-refractivity contribution in [1.82, 2.24) is 4.90 Å². The molecule has 1 saturated heterocycles. The van der Waals surface area contributed by atoms with Crippen molar-refractivity contribution in [2.24, 2.45) is 0 Å². The molecule has 0 aromatic heterocycles. The second-order valence-corrected chi connectivity index (χ2v) is 4.27. The molecular weight excluding hydrogens is 190 g/mol. The first-order valence-electron chi connectivity index (χ1n) is 6.08. The van der Waals surface area contributed by atoms with E-state index < -0.39 is 0 Å². The monoisotopic (exact) mass is 213 g/mol. The van der Waals surface area contributed by atoms with Gasteiger partial charge in [-0.25, -0.2) is 0 Å². The van der Waals surface area contributed by atoms with Crippen molar-refractivity contribution in [1.29, 1.82) is 0 Å². The van der Waals surface area contributed by atoms with Gasteiger partial charge in [-0.05, 0) is 32.7 Å². The fraction of sp³-hybridized carbons (Fsp3) is 0.917. The van der Waals surface area contributed by atoms with Gasteiger partial charge >= 0.3 is 0 Å². The fourth-order valence-corrected chi connectivity index (χ4v) is 2.15. The van der Waals surface area contributed by atoms with Gasteiger partial charge in [0.25, 0.3) is 0 Å². The highest BCUT2D eigenvalue weighted by Crippen LogP contribution is 2.17. The molecule has 1 rings (SSSR count). The first kappa shape index (κ1) is 12.7. The maximum Gasteiger partial charge on any atom is 0.146 e. The van der Waals surface area contributed by atoms with Crippen LogP contribution < -0.4 is 0 Å². The minimum absolute atomic E-state index is 0.156. The molecule has 15 heavy (non-hydrogen) atoms. The number of ketones is 1. The smallest absolute Gasteiger partial charge is 0.146 e. The van der Waals surface area contributed by atoms with E-state index in [1.54, 1.807) is 6.92 Å². The molecule has 0 N–H and O–H groups in total. The molecule has 0 aliphatic carbocycles. The van der Waals surface area contributed by atoms with Crippen molar-refractivity contribution in [3.8, 4) is 0 Å². The predicted molar refractivity (Wildman–Crippen MR) is 61.0 cm³/mol. The molecule has 0 bridgehead atoms. The Morgan fingerprint density at radius 2 is 2.20 bits per heavy atom. The van der Waals surface area contributed by atoms with Gasteiger partial charge in [0.15, 0.2) is 0 Å². The number of rotatable bonds is 6. The first-order valence-corrected chi connectivity index (χ1v) is 6.08. The number of ether oxygens (including phenoxy) is 1. The Morgan fingerprint density at radius 1 is 1.40 bits per heavy atom. The third-order valence-electron chi connectivity index (χ3n) is 2.95. The van der Waals surface area contributed by atoms with Gasteiger partial charge in [-0.1, -0.05) is 13.3 Å². The SMILES string of the molecule is CCCOCCN1CCCCC1C(C)=O. The summed E-state index contributed by atoms with van der Waals surface area (Å²) in [5.74, 6) is 0.310. The lowest BCUT2D eigenvalue weighted by molar-refractivity contribution is -0.123. The van der Waals surface area contributed by atoms with E-state index in [4.69, 9.17) is 4.74 Å². The van der Waals surface area contributed by atoms with Crippen molar-refractivity contribution in [3.63, 3.8) is 0 Å². The van der Waals surface area contributed by atoms with Gasteiger partial charge in [0.05, 0.1) is 12.6 Å². The van der Waals surface area contributed by atoms with Crippen molar-refractivity contribution < 1.29 is 9.53 Å². The van der Waals surface area contributed by atoms with E-state index >= 15 is 0 Å². The van der Waals surface area contributed by atoms with Gasteiger partial charge in [0.2, 0.25) is 0 Å². The van der Waals surface area contributed by atoms with Crippen molar-refractivity contribution in [2.45, 2.75) is 45.6 Å². The molecule has 0 amide bonds. The molecule has 1 aliphatic heterocycles. The zero-order valence-corrected chi connectivity index (χ0v) is 10.00. The lowest BCUT2D eigenvalue weighted by Crippen LogP contribution is -2.45. The van der Waals surface area contributed by atoms with Gasteiger partial charge in [-0.3, -0.25) is 9.69 Å². The molecule has 0 saturated carbocycles. The fourth-order valence-electron chi connectivity index (χ4n) is 2.15. The molecule has 1 unspecified atom stereocenters. The van der Waals surface area contributed by atoms with Crippen LogP contribution in [0.25, 0.3) is 0 Å². The summed E-state index contributed by atoms with van der Waals surface area (Å²) in [7, 11) is 0. The third-order valence-corrected chi connectivity index (χ3v) is 2.95. The largest absolute Gasteiger partial charge is 0.380 e. The molecule has 1 atom stereocenters. The van der Waals surface area contributed by atoms with Crippen LogP contribution in [-0.4, -0.2) is 43.0 Å². The molecular formula is C12H23NO2. The van der Waals surface area contributed by atoms with Crippen LogP contribution in [0, 0.1) is 0 Å². The summed E-state index contributed by atoms with van der Waals surface area (Å²) in [6.45, 7) is 7.37. The molecule has 3 heteroatoms. The normalized spacial score (nSPS) is 22.9. The Hall–Kier alpha value is -0.410. The standard InChI is InChI=1S/C12H23NO2/c1-3-9-15-10-8-13-7-5-4-6-12(13)11(2)14/h12H,3-10H2,1-2H3. The lowest BCUT2D eigenvalue weighted by Gasteiger charge is -2.33. The number of carbonyl (C=O) groups is 1. The van der Waals surface area contributed by atoms with E-state index in [0.717, 1.165) is 39.1 Å². The molecule has 88 valence electrons. The van der Waals surface area contributed by atoms with Gasteiger partial charge in [-0.2, -0.15) is 0 Å². The van der Waals surface area contributed by atoms with Crippen LogP contribution in [0.4, 0.5) is 0 Å². The minimum atomic E-state index is 0.156. The molecule has 1 aliphatic rings. The highest BCUT2D eigenvalue weighted by Gasteiger charge is 2.25. The topological polar surface area (TPSA) is 29.5 Å². The second kappa shape index (κ2) is 6.96. The zero-order valence-electron chi connectivity index (χ0n) is 10.00. The van der Waals surface area contributed by atoms with Gasteiger partial charge in [0.1, 0.15) is 5.78 Å². The first-order chi connectivity index (χ1) is 7.25. The summed E-state index contributed by atoms with van der Waals surface area (Å²) in [6, 6.07) is 0.156. The zero-order chi connectivity index (χ0) is 11.1. The van der Waals surface area contributed by atoms with Crippen molar-refractivity contribution >= 4 is 5.78 Å². The number of carbonyl (C=O) groups excluding carboxylic acids is 1. The highest BCUT2D eigenvalue weighted by atomic mass is 16.5. The average molecular weight is 213 g/mol. The Bertz CT molecular complexity index is 194. The predicted octanol–water partition coefficient (Wildman–Crippen LogP) is 1.86. The molecule has 1 heterocycles. The van der Waals surface area contributed by atoms with Gasteiger partial charge in [0, 0.05) is 13.2 Å². The van der Waals surface area contributed by atoms with E-state index in [1.807, 2.05) is 0 Å². The molecule has 0 spiro atoms. The Balaban J connectivity index is 2.26. The van der Waals surface area contributed by atoms with Gasteiger partial charge in [-0.15, -0.1) is 0 Å². The van der Waals surface area contributed by atoms with Crippen LogP contribution in [0.3, 0.4) is 0 Å². The number of hydrogen-bond acceptors (Lipinski definition) is 3. The summed E-state index contributed by atoms with van der Waals surface area (Å²) >= 11 is 0. The van der Waals surface area contributed by atoms with Crippen LogP contribution >= 0.6 is 0 Å². The van der Waals surface area contributed by atoms with E-state index in [9.17, 15) is 4.79 Å². The van der Waals surface area contributed by atoms with Crippen LogP contribution in [0.2, 0.25) is 0 Å². The van der Waals surface area contributed by atoms with Crippen LogP contribution in [-0.2, 0) is 9.53 Å². The van der Waals surface area contributed by atoms with Gasteiger partial charge < -0.3 is 4.74 Å². The molecule has 3 nitrogen and oxygen atoms in total. The number of piperidine rings is 1. The van der Waals surface area contributed by atoms with E-state index in [2.05, 4.69) is 11.8 Å². The Kier molecular flexibility index (Phi) is 5.88. The quantitative estimate of drug-likeness (QED) is 0.631. The molecule has 0 radical (unpaired) electrons. The maximum absolute atomic E-state index is 11.4. The summed E-state index contributed by atoms with van der Waals surface area (Å²) in [4.78, 5) is 13.7. The summed E-state index contributed by atoms with van der Waals surface area (Å²) in [5.41, 5.74) is 0. The summed E-state index contributed by atoms with van der Waals surface area (Å²) in [5, 5.41) is 0. The number of hydrogen-bond donors (Lipinski definition) is 0. The van der Waals surface area contributed by atoms with Crippen LogP contribution in [0.1, 0.15) is 39.5 Å². The number of likely N-dealkylation sites (tertiary alicyclic amines) is 1. The van der Waals surface area contributed by atoms with Crippen LogP contribution in [0.5, 0.6) is 0 Å². The number of Topliss-reactive ketones (excluding diaryl/α,β-unsaturated/α-hetero) is 1. The maximum atomic E-state index is 11.4. The number of nitrogens with zero attached hydrogens (tertiary/aromatic N) is 1. The highest BCUT2D eigenvalue weighted by molar-refractivity contribution is 5.81. The van der Waals surface area contributed by atoms with Crippen LogP contribution in [0.15, 0.2) is 0 Å². The molecule has 0 aromatic carbocycles. The second-order valence-electron chi connectivity index (χ2n) is 4.27.